The van der Waals surface area contributed by atoms with Crippen molar-refractivity contribution in [3.8, 4) is 0 Å². The highest BCUT2D eigenvalue weighted by Crippen LogP contribution is 2.35. The molecule has 88 valence electrons. The first kappa shape index (κ1) is 11.5. The number of rotatable bonds is 2. The van der Waals surface area contributed by atoms with Crippen LogP contribution in [0.25, 0.3) is 0 Å². The van der Waals surface area contributed by atoms with Crippen molar-refractivity contribution in [3.63, 3.8) is 0 Å². The van der Waals surface area contributed by atoms with E-state index >= 15 is 0 Å². The SMILES string of the molecule is OC(c1cc(F)ccc1F)C1CCCCC1. The molecule has 0 aliphatic heterocycles. The van der Waals surface area contributed by atoms with Crippen LogP contribution in [0.1, 0.15) is 43.8 Å². The average molecular weight is 226 g/mol. The van der Waals surface area contributed by atoms with Gasteiger partial charge < -0.3 is 5.11 Å². The molecule has 0 bridgehead atoms. The highest BCUT2D eigenvalue weighted by Gasteiger charge is 2.25. The second-order valence-electron chi connectivity index (χ2n) is 4.51. The molecule has 0 aromatic heterocycles. The first-order chi connectivity index (χ1) is 7.68. The van der Waals surface area contributed by atoms with E-state index in [1.807, 2.05) is 0 Å². The van der Waals surface area contributed by atoms with Crippen LogP contribution in [0.5, 0.6) is 0 Å². The summed E-state index contributed by atoms with van der Waals surface area (Å²) in [7, 11) is 0. The summed E-state index contributed by atoms with van der Waals surface area (Å²) in [4.78, 5) is 0. The average Bonchev–Trinajstić information content (AvgIpc) is 2.32. The molecule has 1 nitrogen and oxygen atoms in total. The van der Waals surface area contributed by atoms with Crippen LogP contribution in [0.3, 0.4) is 0 Å². The lowest BCUT2D eigenvalue weighted by molar-refractivity contribution is 0.0813. The van der Waals surface area contributed by atoms with Crippen molar-refractivity contribution in [1.29, 1.82) is 0 Å². The molecule has 1 saturated carbocycles. The van der Waals surface area contributed by atoms with E-state index in [-0.39, 0.29) is 11.5 Å². The zero-order valence-corrected chi connectivity index (χ0v) is 9.13. The van der Waals surface area contributed by atoms with Crippen LogP contribution in [0.2, 0.25) is 0 Å². The number of halogens is 2. The van der Waals surface area contributed by atoms with E-state index in [1.165, 1.54) is 6.42 Å². The number of hydrogen-bond donors (Lipinski definition) is 1. The van der Waals surface area contributed by atoms with Gasteiger partial charge in [-0.15, -0.1) is 0 Å². The van der Waals surface area contributed by atoms with Crippen molar-refractivity contribution in [2.45, 2.75) is 38.2 Å². The largest absolute Gasteiger partial charge is 0.388 e. The molecule has 1 atom stereocenters. The minimum Gasteiger partial charge on any atom is -0.388 e. The predicted molar refractivity (Wildman–Crippen MR) is 57.9 cm³/mol. The molecule has 0 saturated heterocycles. The smallest absolute Gasteiger partial charge is 0.129 e. The minimum absolute atomic E-state index is 0.0741. The number of aliphatic hydroxyl groups is 1. The summed E-state index contributed by atoms with van der Waals surface area (Å²) in [6.07, 6.45) is 4.25. The van der Waals surface area contributed by atoms with Crippen molar-refractivity contribution < 1.29 is 13.9 Å². The fourth-order valence-electron chi connectivity index (χ4n) is 2.45. The molecule has 1 fully saturated rings. The van der Waals surface area contributed by atoms with Crippen molar-refractivity contribution in [2.24, 2.45) is 5.92 Å². The lowest BCUT2D eigenvalue weighted by Gasteiger charge is -2.27. The Labute approximate surface area is 94.1 Å². The number of aliphatic hydroxyl groups excluding tert-OH is 1. The van der Waals surface area contributed by atoms with Crippen LogP contribution in [-0.2, 0) is 0 Å². The van der Waals surface area contributed by atoms with E-state index in [0.29, 0.717) is 0 Å². The molecule has 2 rings (SSSR count). The summed E-state index contributed by atoms with van der Waals surface area (Å²) in [6.45, 7) is 0. The third-order valence-electron chi connectivity index (χ3n) is 3.37. The lowest BCUT2D eigenvalue weighted by atomic mass is 9.82. The molecule has 0 radical (unpaired) electrons. The van der Waals surface area contributed by atoms with E-state index in [4.69, 9.17) is 0 Å². The molecule has 1 unspecified atom stereocenters. The van der Waals surface area contributed by atoms with Crippen molar-refractivity contribution in [1.82, 2.24) is 0 Å². The maximum atomic E-state index is 13.4. The topological polar surface area (TPSA) is 20.2 Å². The number of hydrogen-bond acceptors (Lipinski definition) is 1. The molecule has 1 aromatic carbocycles. The van der Waals surface area contributed by atoms with E-state index in [1.54, 1.807) is 0 Å². The summed E-state index contributed by atoms with van der Waals surface area (Å²) >= 11 is 0. The van der Waals surface area contributed by atoms with Gasteiger partial charge in [-0.3, -0.25) is 0 Å². The Balaban J connectivity index is 2.18. The molecule has 1 aromatic rings. The van der Waals surface area contributed by atoms with Crippen LogP contribution in [0.4, 0.5) is 8.78 Å². The van der Waals surface area contributed by atoms with Crippen LogP contribution in [0.15, 0.2) is 18.2 Å². The summed E-state index contributed by atoms with van der Waals surface area (Å²) in [6, 6.07) is 3.26. The zero-order chi connectivity index (χ0) is 11.5. The maximum absolute atomic E-state index is 13.4. The molecule has 16 heavy (non-hydrogen) atoms. The lowest BCUT2D eigenvalue weighted by Crippen LogP contribution is -2.17. The van der Waals surface area contributed by atoms with Gasteiger partial charge >= 0.3 is 0 Å². The van der Waals surface area contributed by atoms with Gasteiger partial charge in [-0.05, 0) is 37.0 Å². The van der Waals surface area contributed by atoms with Gasteiger partial charge in [0, 0.05) is 5.56 Å². The summed E-state index contributed by atoms with van der Waals surface area (Å²) in [5, 5.41) is 10.0. The van der Waals surface area contributed by atoms with E-state index < -0.39 is 17.7 Å². The standard InChI is InChI=1S/C13H16F2O/c14-10-6-7-12(15)11(8-10)13(16)9-4-2-1-3-5-9/h6-9,13,16H,1-5H2. The van der Waals surface area contributed by atoms with Gasteiger partial charge in [0.1, 0.15) is 11.6 Å². The molecule has 0 spiro atoms. The Morgan fingerprint density at radius 2 is 1.81 bits per heavy atom. The van der Waals surface area contributed by atoms with Crippen molar-refractivity contribution >= 4 is 0 Å². The highest BCUT2D eigenvalue weighted by atomic mass is 19.1. The molecule has 0 amide bonds. The van der Waals surface area contributed by atoms with Gasteiger partial charge in [0.25, 0.3) is 0 Å². The Kier molecular flexibility index (Phi) is 3.54. The first-order valence-corrected chi connectivity index (χ1v) is 5.81. The Hall–Kier alpha value is -0.960. The minimum atomic E-state index is -0.865. The van der Waals surface area contributed by atoms with Crippen LogP contribution in [0, 0.1) is 17.6 Å². The second kappa shape index (κ2) is 4.91. The normalized spacial score (nSPS) is 19.7. The fourth-order valence-corrected chi connectivity index (χ4v) is 2.45. The quantitative estimate of drug-likeness (QED) is 0.817. The number of benzene rings is 1. The van der Waals surface area contributed by atoms with Gasteiger partial charge in [0.05, 0.1) is 6.10 Å². The predicted octanol–water partition coefficient (Wildman–Crippen LogP) is 3.58. The zero-order valence-electron chi connectivity index (χ0n) is 9.13. The monoisotopic (exact) mass is 226 g/mol. The van der Waals surface area contributed by atoms with Crippen LogP contribution in [-0.4, -0.2) is 5.11 Å². The summed E-state index contributed by atoms with van der Waals surface area (Å²) in [5.41, 5.74) is 0.104. The van der Waals surface area contributed by atoms with Crippen molar-refractivity contribution in [2.75, 3.05) is 0 Å². The molecule has 1 N–H and O–H groups in total. The third-order valence-corrected chi connectivity index (χ3v) is 3.37. The molecular weight excluding hydrogens is 210 g/mol. The van der Waals surface area contributed by atoms with Gasteiger partial charge in [-0.2, -0.15) is 0 Å². The Morgan fingerprint density at radius 1 is 1.12 bits per heavy atom. The van der Waals surface area contributed by atoms with Crippen LogP contribution < -0.4 is 0 Å². The second-order valence-corrected chi connectivity index (χ2v) is 4.51. The fraction of sp³-hybridized carbons (Fsp3) is 0.538. The van der Waals surface area contributed by atoms with Crippen LogP contribution >= 0.6 is 0 Å². The van der Waals surface area contributed by atoms with E-state index in [2.05, 4.69) is 0 Å². The first-order valence-electron chi connectivity index (χ1n) is 5.81. The third kappa shape index (κ3) is 2.40. The van der Waals surface area contributed by atoms with Crippen molar-refractivity contribution in [3.05, 3.63) is 35.4 Å². The summed E-state index contributed by atoms with van der Waals surface area (Å²) in [5.74, 6) is -0.934. The van der Waals surface area contributed by atoms with Gasteiger partial charge in [-0.25, -0.2) is 8.78 Å². The van der Waals surface area contributed by atoms with E-state index in [0.717, 1.165) is 43.9 Å². The van der Waals surface area contributed by atoms with Gasteiger partial charge in [0.15, 0.2) is 0 Å². The van der Waals surface area contributed by atoms with Gasteiger partial charge in [0.2, 0.25) is 0 Å². The molecule has 0 heterocycles. The summed E-state index contributed by atoms with van der Waals surface area (Å²) < 4.78 is 26.4. The molecule has 3 heteroatoms. The maximum Gasteiger partial charge on any atom is 0.129 e. The Bertz CT molecular complexity index is 359. The Morgan fingerprint density at radius 3 is 2.50 bits per heavy atom. The van der Waals surface area contributed by atoms with E-state index in [9.17, 15) is 13.9 Å². The molecular formula is C13H16F2O. The molecule has 1 aliphatic carbocycles. The van der Waals surface area contributed by atoms with Gasteiger partial charge in [-0.1, -0.05) is 19.3 Å². The molecule has 1 aliphatic rings. The highest BCUT2D eigenvalue weighted by molar-refractivity contribution is 5.21.